The minimum atomic E-state index is -1.01. The van der Waals surface area contributed by atoms with Crippen LogP contribution in [0.3, 0.4) is 0 Å². The number of benzene rings is 2. The number of hydrogen-bond donors (Lipinski definition) is 1. The monoisotopic (exact) mass is 536 g/mol. The lowest BCUT2D eigenvalue weighted by molar-refractivity contribution is -0.143. The smallest absolute Gasteiger partial charge is 0.247 e. The number of carbonyl (C=O) groups is 2. The van der Waals surface area contributed by atoms with Gasteiger partial charge in [-0.15, -0.1) is 21.5 Å². The van der Waals surface area contributed by atoms with Crippen molar-refractivity contribution in [3.05, 3.63) is 82.3 Å². The second kappa shape index (κ2) is 11.5. The van der Waals surface area contributed by atoms with Crippen molar-refractivity contribution in [1.29, 1.82) is 0 Å². The molecule has 2 amide bonds. The van der Waals surface area contributed by atoms with Gasteiger partial charge in [0.25, 0.3) is 0 Å². The van der Waals surface area contributed by atoms with Crippen LogP contribution in [0, 0.1) is 5.82 Å². The SMILES string of the molecule is COc1ccc(-c2nnn(CC(=O)N(Cc3cccs3)C(C(=O)NC(C)(C)C)c3ccc(F)cc3)n2)cc1. The van der Waals surface area contributed by atoms with Crippen molar-refractivity contribution in [2.75, 3.05) is 7.11 Å². The minimum Gasteiger partial charge on any atom is -0.497 e. The Balaban J connectivity index is 1.65. The predicted molar refractivity (Wildman–Crippen MR) is 142 cm³/mol. The van der Waals surface area contributed by atoms with Gasteiger partial charge in [-0.1, -0.05) is 18.2 Å². The highest BCUT2D eigenvalue weighted by atomic mass is 32.1. The molecule has 4 rings (SSSR count). The second-order valence-electron chi connectivity index (χ2n) is 9.67. The summed E-state index contributed by atoms with van der Waals surface area (Å²) in [7, 11) is 1.58. The number of ether oxygens (including phenoxy) is 1. The summed E-state index contributed by atoms with van der Waals surface area (Å²) in [5, 5.41) is 17.4. The molecule has 1 N–H and O–H groups in total. The molecule has 11 heteroatoms. The second-order valence-corrected chi connectivity index (χ2v) is 10.7. The maximum absolute atomic E-state index is 13.8. The van der Waals surface area contributed by atoms with Gasteiger partial charge in [0.1, 0.15) is 24.2 Å². The van der Waals surface area contributed by atoms with Gasteiger partial charge in [-0.2, -0.15) is 4.80 Å². The first-order chi connectivity index (χ1) is 18.1. The first kappa shape index (κ1) is 26.9. The topological polar surface area (TPSA) is 102 Å². The molecule has 0 aliphatic rings. The summed E-state index contributed by atoms with van der Waals surface area (Å²) in [6, 6.07) is 15.5. The molecular weight excluding hydrogens is 507 g/mol. The van der Waals surface area contributed by atoms with Crippen molar-refractivity contribution in [3.63, 3.8) is 0 Å². The number of nitrogens with one attached hydrogen (secondary N) is 1. The van der Waals surface area contributed by atoms with Gasteiger partial charge >= 0.3 is 0 Å². The maximum atomic E-state index is 13.8. The number of aromatic nitrogens is 4. The van der Waals surface area contributed by atoms with Crippen LogP contribution in [-0.4, -0.2) is 49.6 Å². The molecular formula is C27H29FN6O3S. The summed E-state index contributed by atoms with van der Waals surface area (Å²) in [6.45, 7) is 5.51. The predicted octanol–water partition coefficient (Wildman–Crippen LogP) is 4.23. The molecule has 1 atom stereocenters. The lowest BCUT2D eigenvalue weighted by atomic mass is 10.0. The zero-order chi connectivity index (χ0) is 27.3. The van der Waals surface area contributed by atoms with Crippen molar-refractivity contribution in [3.8, 4) is 17.1 Å². The van der Waals surface area contributed by atoms with Gasteiger partial charge in [-0.05, 0) is 79.4 Å². The molecule has 0 radical (unpaired) electrons. The van der Waals surface area contributed by atoms with Gasteiger partial charge in [0.05, 0.1) is 13.7 Å². The van der Waals surface area contributed by atoms with E-state index in [0.717, 1.165) is 4.88 Å². The molecule has 198 valence electrons. The Labute approximate surface area is 224 Å². The van der Waals surface area contributed by atoms with Gasteiger partial charge in [-0.25, -0.2) is 4.39 Å². The minimum absolute atomic E-state index is 0.177. The normalized spacial score (nSPS) is 12.1. The van der Waals surface area contributed by atoms with Crippen molar-refractivity contribution < 1.29 is 18.7 Å². The Kier molecular flexibility index (Phi) is 8.16. The van der Waals surface area contributed by atoms with E-state index in [1.807, 2.05) is 38.3 Å². The molecule has 2 aromatic heterocycles. The number of hydrogen-bond acceptors (Lipinski definition) is 7. The van der Waals surface area contributed by atoms with Crippen LogP contribution >= 0.6 is 11.3 Å². The Morgan fingerprint density at radius 3 is 2.42 bits per heavy atom. The molecule has 0 bridgehead atoms. The van der Waals surface area contributed by atoms with E-state index >= 15 is 0 Å². The van der Waals surface area contributed by atoms with Crippen molar-refractivity contribution in [2.45, 2.75) is 45.4 Å². The molecule has 0 aliphatic heterocycles. The fourth-order valence-corrected chi connectivity index (χ4v) is 4.53. The maximum Gasteiger partial charge on any atom is 0.247 e. The van der Waals surface area contributed by atoms with E-state index in [9.17, 15) is 14.0 Å². The number of methoxy groups -OCH3 is 1. The van der Waals surface area contributed by atoms with E-state index in [0.29, 0.717) is 22.7 Å². The molecule has 0 saturated heterocycles. The van der Waals surface area contributed by atoms with Crippen LogP contribution < -0.4 is 10.1 Å². The zero-order valence-corrected chi connectivity index (χ0v) is 22.4. The summed E-state index contributed by atoms with van der Waals surface area (Å²) in [5.41, 5.74) is 0.658. The number of amides is 2. The summed E-state index contributed by atoms with van der Waals surface area (Å²) < 4.78 is 18.9. The number of tetrazole rings is 1. The third-order valence-corrected chi connectivity index (χ3v) is 6.41. The van der Waals surface area contributed by atoms with E-state index in [-0.39, 0.29) is 19.0 Å². The van der Waals surface area contributed by atoms with Crippen molar-refractivity contribution >= 4 is 23.2 Å². The molecule has 38 heavy (non-hydrogen) atoms. The molecule has 9 nitrogen and oxygen atoms in total. The lowest BCUT2D eigenvalue weighted by Crippen LogP contribution is -2.49. The molecule has 0 spiro atoms. The zero-order valence-electron chi connectivity index (χ0n) is 21.6. The average molecular weight is 537 g/mol. The number of rotatable bonds is 9. The molecule has 0 saturated carbocycles. The van der Waals surface area contributed by atoms with Gasteiger partial charge in [0, 0.05) is 16.0 Å². The highest BCUT2D eigenvalue weighted by Crippen LogP contribution is 2.27. The van der Waals surface area contributed by atoms with Crippen LogP contribution in [0.15, 0.2) is 66.0 Å². The molecule has 1 unspecified atom stereocenters. The van der Waals surface area contributed by atoms with Gasteiger partial charge < -0.3 is 15.0 Å². The van der Waals surface area contributed by atoms with E-state index in [2.05, 4.69) is 20.7 Å². The van der Waals surface area contributed by atoms with E-state index in [4.69, 9.17) is 4.74 Å². The molecule has 4 aromatic rings. The number of carbonyl (C=O) groups excluding carboxylic acids is 2. The highest BCUT2D eigenvalue weighted by Gasteiger charge is 2.34. The standard InChI is InChI=1S/C27H29FN6O3S/c1-27(2,3)29-26(36)24(18-7-11-20(28)12-8-18)33(16-22-6-5-15-38-22)23(35)17-34-31-25(30-32-34)19-9-13-21(37-4)14-10-19/h5-15,24H,16-17H2,1-4H3,(H,29,36). The lowest BCUT2D eigenvalue weighted by Gasteiger charge is -2.33. The van der Waals surface area contributed by atoms with Crippen LogP contribution in [0.25, 0.3) is 11.4 Å². The summed E-state index contributed by atoms with van der Waals surface area (Å²) >= 11 is 1.47. The first-order valence-corrected chi connectivity index (χ1v) is 12.8. The largest absolute Gasteiger partial charge is 0.497 e. The average Bonchev–Trinajstić information content (AvgIpc) is 3.56. The summed E-state index contributed by atoms with van der Waals surface area (Å²) in [5.74, 6) is -0.153. The Bertz CT molecular complexity index is 1370. The highest BCUT2D eigenvalue weighted by molar-refractivity contribution is 7.09. The molecule has 2 aromatic carbocycles. The van der Waals surface area contributed by atoms with Crippen LogP contribution in [0.5, 0.6) is 5.75 Å². The van der Waals surface area contributed by atoms with E-state index in [1.165, 1.54) is 45.3 Å². The third-order valence-electron chi connectivity index (χ3n) is 5.55. The van der Waals surface area contributed by atoms with Crippen LogP contribution in [0.2, 0.25) is 0 Å². The van der Waals surface area contributed by atoms with Crippen LogP contribution in [0.4, 0.5) is 4.39 Å². The van der Waals surface area contributed by atoms with Gasteiger partial charge in [0.2, 0.25) is 17.6 Å². The molecule has 0 fully saturated rings. The number of thiophene rings is 1. The van der Waals surface area contributed by atoms with Crippen molar-refractivity contribution in [2.24, 2.45) is 0 Å². The van der Waals surface area contributed by atoms with E-state index in [1.54, 1.807) is 31.4 Å². The van der Waals surface area contributed by atoms with Gasteiger partial charge in [0.15, 0.2) is 0 Å². The first-order valence-electron chi connectivity index (χ1n) is 11.9. The third kappa shape index (κ3) is 6.80. The number of halogens is 1. The van der Waals surface area contributed by atoms with Crippen LogP contribution in [0.1, 0.15) is 37.3 Å². The fourth-order valence-electron chi connectivity index (χ4n) is 3.83. The Morgan fingerprint density at radius 2 is 1.82 bits per heavy atom. The quantitative estimate of drug-likeness (QED) is 0.343. The molecule has 0 aliphatic carbocycles. The van der Waals surface area contributed by atoms with Crippen LogP contribution in [-0.2, 0) is 22.7 Å². The molecule has 2 heterocycles. The Hall–Kier alpha value is -4.12. The summed E-state index contributed by atoms with van der Waals surface area (Å²) in [6.07, 6.45) is 0. The van der Waals surface area contributed by atoms with Crippen molar-refractivity contribution in [1.82, 2.24) is 30.4 Å². The van der Waals surface area contributed by atoms with Gasteiger partial charge in [-0.3, -0.25) is 9.59 Å². The fraction of sp³-hybridized carbons (Fsp3) is 0.296. The Morgan fingerprint density at radius 1 is 1.11 bits per heavy atom. The summed E-state index contributed by atoms with van der Waals surface area (Å²) in [4.78, 5) is 30.9. The van der Waals surface area contributed by atoms with E-state index < -0.39 is 23.3 Å². The number of nitrogens with zero attached hydrogens (tertiary/aromatic N) is 5.